The van der Waals surface area contributed by atoms with Crippen molar-refractivity contribution in [2.24, 2.45) is 0 Å². The minimum atomic E-state index is 0.486. The van der Waals surface area contributed by atoms with Crippen LogP contribution in [0.3, 0.4) is 0 Å². The molecule has 0 bridgehead atoms. The van der Waals surface area contributed by atoms with Gasteiger partial charge < -0.3 is 10.1 Å². The summed E-state index contributed by atoms with van der Waals surface area (Å²) >= 11 is 11.9. The normalized spacial score (nSPS) is 10.1. The molecule has 2 nitrogen and oxygen atoms in total. The van der Waals surface area contributed by atoms with Crippen molar-refractivity contribution in [3.63, 3.8) is 0 Å². The molecule has 0 aromatic heterocycles. The maximum atomic E-state index is 5.97. The summed E-state index contributed by atoms with van der Waals surface area (Å²) in [5.41, 5.74) is 1.94. The van der Waals surface area contributed by atoms with Crippen LogP contribution in [0, 0.1) is 0 Å². The number of anilines is 1. The van der Waals surface area contributed by atoms with Crippen molar-refractivity contribution in [2.45, 2.75) is 6.54 Å². The molecule has 0 radical (unpaired) electrons. The van der Waals surface area contributed by atoms with Crippen LogP contribution in [0.5, 0.6) is 5.75 Å². The van der Waals surface area contributed by atoms with Gasteiger partial charge in [-0.25, -0.2) is 0 Å². The Labute approximate surface area is 129 Å². The molecule has 4 heteroatoms. The van der Waals surface area contributed by atoms with Crippen LogP contribution in [0.4, 0.5) is 5.69 Å². The highest BCUT2D eigenvalue weighted by atomic mass is 35.5. The van der Waals surface area contributed by atoms with Gasteiger partial charge in [-0.1, -0.05) is 54.1 Å². The highest BCUT2D eigenvalue weighted by molar-refractivity contribution is 6.35. The summed E-state index contributed by atoms with van der Waals surface area (Å²) in [6.07, 6.45) is 1.72. The van der Waals surface area contributed by atoms with Crippen LogP contribution in [-0.4, -0.2) is 6.61 Å². The Morgan fingerprint density at radius 1 is 1.10 bits per heavy atom. The number of hydrogen-bond acceptors (Lipinski definition) is 2. The third-order valence-corrected chi connectivity index (χ3v) is 3.11. The second-order valence-electron chi connectivity index (χ2n) is 4.22. The van der Waals surface area contributed by atoms with E-state index >= 15 is 0 Å². The third-order valence-electron chi connectivity index (χ3n) is 2.67. The minimum Gasteiger partial charge on any atom is -0.489 e. The van der Waals surface area contributed by atoms with Gasteiger partial charge in [0, 0.05) is 27.8 Å². The third kappa shape index (κ3) is 4.19. The summed E-state index contributed by atoms with van der Waals surface area (Å²) in [6.45, 7) is 4.76. The molecular weight excluding hydrogens is 293 g/mol. The topological polar surface area (TPSA) is 21.3 Å². The summed E-state index contributed by atoms with van der Waals surface area (Å²) in [4.78, 5) is 0. The first-order chi connectivity index (χ1) is 9.69. The zero-order chi connectivity index (χ0) is 14.4. The predicted octanol–water partition coefficient (Wildman–Crippen LogP) is 5.17. The van der Waals surface area contributed by atoms with Crippen molar-refractivity contribution in [2.75, 3.05) is 11.9 Å². The summed E-state index contributed by atoms with van der Waals surface area (Å²) < 4.78 is 5.61. The summed E-state index contributed by atoms with van der Waals surface area (Å²) in [5.74, 6) is 0.841. The Morgan fingerprint density at radius 3 is 2.50 bits per heavy atom. The van der Waals surface area contributed by atoms with Crippen LogP contribution in [0.15, 0.2) is 55.1 Å². The lowest BCUT2D eigenvalue weighted by atomic mass is 10.2. The van der Waals surface area contributed by atoms with Gasteiger partial charge in [0.1, 0.15) is 12.4 Å². The fourth-order valence-corrected chi connectivity index (χ4v) is 2.32. The molecule has 0 aliphatic heterocycles. The first-order valence-corrected chi connectivity index (χ1v) is 6.96. The maximum absolute atomic E-state index is 5.97. The van der Waals surface area contributed by atoms with Crippen LogP contribution in [-0.2, 0) is 6.54 Å². The summed E-state index contributed by atoms with van der Waals surface area (Å²) in [6, 6.07) is 13.2. The average Bonchev–Trinajstić information content (AvgIpc) is 2.43. The Bertz CT molecular complexity index is 579. The number of rotatable bonds is 6. The van der Waals surface area contributed by atoms with E-state index in [1.165, 1.54) is 0 Å². The summed E-state index contributed by atoms with van der Waals surface area (Å²) in [5, 5.41) is 4.50. The molecule has 0 spiro atoms. The number of ether oxygens (including phenoxy) is 1. The van der Waals surface area contributed by atoms with Crippen LogP contribution in [0.2, 0.25) is 10.0 Å². The smallest absolute Gasteiger partial charge is 0.124 e. The van der Waals surface area contributed by atoms with Gasteiger partial charge in [-0.2, -0.15) is 0 Å². The molecule has 0 unspecified atom stereocenters. The van der Waals surface area contributed by atoms with Crippen molar-refractivity contribution in [3.8, 4) is 5.75 Å². The van der Waals surface area contributed by atoms with Crippen LogP contribution in [0.25, 0.3) is 0 Å². The van der Waals surface area contributed by atoms with E-state index in [9.17, 15) is 0 Å². The monoisotopic (exact) mass is 307 g/mol. The number of halogens is 2. The Balaban J connectivity index is 2.08. The largest absolute Gasteiger partial charge is 0.489 e. The molecule has 20 heavy (non-hydrogen) atoms. The van der Waals surface area contributed by atoms with Gasteiger partial charge >= 0.3 is 0 Å². The Morgan fingerprint density at radius 2 is 1.80 bits per heavy atom. The molecule has 0 fully saturated rings. The van der Waals surface area contributed by atoms with E-state index < -0.39 is 0 Å². The second kappa shape index (κ2) is 7.22. The highest BCUT2D eigenvalue weighted by Gasteiger charge is 2.03. The van der Waals surface area contributed by atoms with Gasteiger partial charge in [-0.05, 0) is 24.3 Å². The zero-order valence-electron chi connectivity index (χ0n) is 10.9. The van der Waals surface area contributed by atoms with E-state index in [-0.39, 0.29) is 0 Å². The van der Waals surface area contributed by atoms with Crippen LogP contribution < -0.4 is 10.1 Å². The molecule has 0 heterocycles. The first-order valence-electron chi connectivity index (χ1n) is 6.20. The molecule has 0 aliphatic carbocycles. The molecule has 1 N–H and O–H groups in total. The van der Waals surface area contributed by atoms with Gasteiger partial charge in [-0.15, -0.1) is 0 Å². The summed E-state index contributed by atoms with van der Waals surface area (Å²) in [7, 11) is 0. The lowest BCUT2D eigenvalue weighted by molar-refractivity contribution is 0.359. The fraction of sp³-hybridized carbons (Fsp3) is 0.125. The Hall–Kier alpha value is -1.64. The van der Waals surface area contributed by atoms with Gasteiger partial charge in [0.05, 0.1) is 0 Å². The molecule has 2 aromatic carbocycles. The lowest BCUT2D eigenvalue weighted by Gasteiger charge is -2.12. The maximum Gasteiger partial charge on any atom is 0.124 e. The van der Waals surface area contributed by atoms with Crippen molar-refractivity contribution < 1.29 is 4.74 Å². The van der Waals surface area contributed by atoms with Gasteiger partial charge in [0.15, 0.2) is 0 Å². The molecule has 2 rings (SSSR count). The van der Waals surface area contributed by atoms with Gasteiger partial charge in [0.2, 0.25) is 0 Å². The fourth-order valence-electron chi connectivity index (χ4n) is 1.79. The van der Waals surface area contributed by atoms with E-state index in [2.05, 4.69) is 11.9 Å². The average molecular weight is 308 g/mol. The quantitative estimate of drug-likeness (QED) is 0.743. The van der Waals surface area contributed by atoms with E-state index in [0.717, 1.165) is 17.0 Å². The zero-order valence-corrected chi connectivity index (χ0v) is 12.4. The van der Waals surface area contributed by atoms with E-state index in [1.807, 2.05) is 36.4 Å². The number of nitrogens with one attached hydrogen (secondary N) is 1. The van der Waals surface area contributed by atoms with E-state index in [4.69, 9.17) is 27.9 Å². The van der Waals surface area contributed by atoms with Crippen molar-refractivity contribution >= 4 is 28.9 Å². The number of para-hydroxylation sites is 1. The van der Waals surface area contributed by atoms with Gasteiger partial charge in [0.25, 0.3) is 0 Å². The number of benzene rings is 2. The van der Waals surface area contributed by atoms with Crippen molar-refractivity contribution in [1.29, 1.82) is 0 Å². The van der Waals surface area contributed by atoms with Crippen LogP contribution in [0.1, 0.15) is 5.56 Å². The van der Waals surface area contributed by atoms with Crippen molar-refractivity contribution in [3.05, 3.63) is 70.7 Å². The number of hydrogen-bond donors (Lipinski definition) is 1. The predicted molar refractivity (Wildman–Crippen MR) is 85.9 cm³/mol. The molecule has 0 atom stereocenters. The molecule has 0 saturated carbocycles. The van der Waals surface area contributed by atoms with Crippen molar-refractivity contribution in [1.82, 2.24) is 0 Å². The highest BCUT2D eigenvalue weighted by Crippen LogP contribution is 2.24. The Kier molecular flexibility index (Phi) is 5.33. The molecule has 0 aliphatic rings. The standard InChI is InChI=1S/C16H15Cl2NO/c1-2-7-20-16-6-4-3-5-12(16)11-19-15-9-13(17)8-14(18)10-15/h2-6,8-10,19H,1,7,11H2. The molecule has 104 valence electrons. The molecular formula is C16H15Cl2NO. The first kappa shape index (κ1) is 14.8. The lowest BCUT2D eigenvalue weighted by Crippen LogP contribution is -2.03. The SMILES string of the molecule is C=CCOc1ccccc1CNc1cc(Cl)cc(Cl)c1. The van der Waals surface area contributed by atoms with E-state index in [1.54, 1.807) is 12.1 Å². The molecule has 2 aromatic rings. The van der Waals surface area contributed by atoms with Gasteiger partial charge in [-0.3, -0.25) is 0 Å². The molecule has 0 saturated heterocycles. The molecule has 0 amide bonds. The minimum absolute atomic E-state index is 0.486. The van der Waals surface area contributed by atoms with E-state index in [0.29, 0.717) is 23.2 Å². The van der Waals surface area contributed by atoms with Crippen LogP contribution >= 0.6 is 23.2 Å². The second-order valence-corrected chi connectivity index (χ2v) is 5.09.